The van der Waals surface area contributed by atoms with E-state index in [2.05, 4.69) is 27.3 Å². The number of aromatic nitrogens is 1. The predicted octanol–water partition coefficient (Wildman–Crippen LogP) is 3.01. The first-order valence-electron chi connectivity index (χ1n) is 9.27. The summed E-state index contributed by atoms with van der Waals surface area (Å²) in [5, 5.41) is 2.94. The van der Waals surface area contributed by atoms with Crippen molar-refractivity contribution in [1.29, 1.82) is 0 Å². The minimum Gasteiger partial charge on any atom is -0.487 e. The Kier molecular flexibility index (Phi) is 6.61. The lowest BCUT2D eigenvalue weighted by Crippen LogP contribution is -2.37. The van der Waals surface area contributed by atoms with E-state index < -0.39 is 0 Å². The summed E-state index contributed by atoms with van der Waals surface area (Å²) >= 11 is 0. The Morgan fingerprint density at radius 1 is 1.23 bits per heavy atom. The lowest BCUT2D eigenvalue weighted by Gasteiger charge is -2.32. The van der Waals surface area contributed by atoms with Crippen LogP contribution >= 0.6 is 0 Å². The lowest BCUT2D eigenvalue weighted by molar-refractivity contribution is -0.119. The fourth-order valence-electron chi connectivity index (χ4n) is 3.27. The van der Waals surface area contributed by atoms with Crippen molar-refractivity contribution in [2.24, 2.45) is 5.92 Å². The second-order valence-electron chi connectivity index (χ2n) is 6.91. The summed E-state index contributed by atoms with van der Waals surface area (Å²) in [6.45, 7) is 5.96. The molecular weight excluding hydrogens is 326 g/mol. The Morgan fingerprint density at radius 2 is 2.08 bits per heavy atom. The van der Waals surface area contributed by atoms with Gasteiger partial charge in [0.05, 0.1) is 5.69 Å². The van der Waals surface area contributed by atoms with E-state index in [1.54, 1.807) is 13.1 Å². The second-order valence-corrected chi connectivity index (χ2v) is 6.91. The van der Waals surface area contributed by atoms with Gasteiger partial charge in [0.15, 0.2) is 0 Å². The first-order valence-corrected chi connectivity index (χ1v) is 9.27. The Labute approximate surface area is 155 Å². The number of rotatable bonds is 7. The third-order valence-electron chi connectivity index (χ3n) is 4.76. The summed E-state index contributed by atoms with van der Waals surface area (Å²) in [4.78, 5) is 17.8. The van der Waals surface area contributed by atoms with E-state index in [9.17, 15) is 4.79 Å². The monoisotopic (exact) mass is 353 g/mol. The number of nitrogens with one attached hydrogen (secondary N) is 1. The SMILES string of the molecule is CC(=O)NCC1CCN(Cc2cccc(OCc3ccccn3)c2)CC1. The summed E-state index contributed by atoms with van der Waals surface area (Å²) < 4.78 is 5.87. The van der Waals surface area contributed by atoms with Crippen LogP contribution in [0.2, 0.25) is 0 Å². The van der Waals surface area contributed by atoms with Gasteiger partial charge in [-0.15, -0.1) is 0 Å². The van der Waals surface area contributed by atoms with Crippen LogP contribution in [0.15, 0.2) is 48.7 Å². The van der Waals surface area contributed by atoms with Gasteiger partial charge in [-0.25, -0.2) is 0 Å². The fourth-order valence-corrected chi connectivity index (χ4v) is 3.27. The number of carbonyl (C=O) groups is 1. The molecule has 1 aliphatic rings. The van der Waals surface area contributed by atoms with Gasteiger partial charge in [0.2, 0.25) is 5.91 Å². The summed E-state index contributed by atoms with van der Waals surface area (Å²) in [7, 11) is 0. The Hall–Kier alpha value is -2.40. The largest absolute Gasteiger partial charge is 0.487 e. The third-order valence-corrected chi connectivity index (χ3v) is 4.76. The van der Waals surface area contributed by atoms with Crippen molar-refractivity contribution in [3.63, 3.8) is 0 Å². The average molecular weight is 353 g/mol. The fraction of sp³-hybridized carbons (Fsp3) is 0.429. The number of hydrogen-bond donors (Lipinski definition) is 1. The Bertz CT molecular complexity index is 697. The van der Waals surface area contributed by atoms with E-state index in [4.69, 9.17) is 4.74 Å². The normalized spacial score (nSPS) is 15.6. The molecule has 1 fully saturated rings. The number of pyridine rings is 1. The van der Waals surface area contributed by atoms with Crippen molar-refractivity contribution in [3.8, 4) is 5.75 Å². The first-order chi connectivity index (χ1) is 12.7. The average Bonchev–Trinajstić information content (AvgIpc) is 2.67. The number of likely N-dealkylation sites (tertiary alicyclic amines) is 1. The zero-order valence-corrected chi connectivity index (χ0v) is 15.4. The highest BCUT2D eigenvalue weighted by Crippen LogP contribution is 2.21. The van der Waals surface area contributed by atoms with Gasteiger partial charge in [-0.05, 0) is 61.7 Å². The van der Waals surface area contributed by atoms with Crippen LogP contribution < -0.4 is 10.1 Å². The number of carbonyl (C=O) groups excluding carboxylic acids is 1. The molecule has 26 heavy (non-hydrogen) atoms. The number of benzene rings is 1. The van der Waals surface area contributed by atoms with Crippen molar-refractivity contribution in [1.82, 2.24) is 15.2 Å². The molecule has 0 aliphatic carbocycles. The van der Waals surface area contributed by atoms with Crippen LogP contribution in [0.3, 0.4) is 0 Å². The van der Waals surface area contributed by atoms with Crippen LogP contribution in [0, 0.1) is 5.92 Å². The third kappa shape index (κ3) is 5.85. The van der Waals surface area contributed by atoms with Crippen molar-refractivity contribution < 1.29 is 9.53 Å². The molecule has 0 saturated carbocycles. The Morgan fingerprint density at radius 3 is 2.81 bits per heavy atom. The van der Waals surface area contributed by atoms with Crippen LogP contribution in [0.4, 0.5) is 0 Å². The van der Waals surface area contributed by atoms with Gasteiger partial charge in [0.1, 0.15) is 12.4 Å². The second kappa shape index (κ2) is 9.34. The van der Waals surface area contributed by atoms with E-state index in [-0.39, 0.29) is 5.91 Å². The molecule has 0 unspecified atom stereocenters. The quantitative estimate of drug-likeness (QED) is 0.831. The molecule has 0 spiro atoms. The van der Waals surface area contributed by atoms with E-state index in [1.807, 2.05) is 30.3 Å². The van der Waals surface area contributed by atoms with Crippen LogP contribution in [0.25, 0.3) is 0 Å². The Balaban J connectivity index is 1.46. The van der Waals surface area contributed by atoms with Gasteiger partial charge >= 0.3 is 0 Å². The molecule has 1 aliphatic heterocycles. The van der Waals surface area contributed by atoms with Gasteiger partial charge in [-0.1, -0.05) is 18.2 Å². The topological polar surface area (TPSA) is 54.5 Å². The van der Waals surface area contributed by atoms with Crippen molar-refractivity contribution in [3.05, 3.63) is 59.9 Å². The zero-order valence-electron chi connectivity index (χ0n) is 15.4. The number of amides is 1. The van der Waals surface area contributed by atoms with E-state index in [1.165, 1.54) is 5.56 Å². The van der Waals surface area contributed by atoms with Gasteiger partial charge < -0.3 is 10.1 Å². The molecule has 1 aromatic carbocycles. The molecule has 0 atom stereocenters. The van der Waals surface area contributed by atoms with Crippen LogP contribution in [-0.4, -0.2) is 35.4 Å². The summed E-state index contributed by atoms with van der Waals surface area (Å²) in [6.07, 6.45) is 4.05. The highest BCUT2D eigenvalue weighted by molar-refractivity contribution is 5.72. The smallest absolute Gasteiger partial charge is 0.216 e. The maximum absolute atomic E-state index is 11.0. The minimum absolute atomic E-state index is 0.0648. The van der Waals surface area contributed by atoms with E-state index in [0.717, 1.165) is 50.5 Å². The number of piperidine rings is 1. The van der Waals surface area contributed by atoms with Crippen molar-refractivity contribution in [2.45, 2.75) is 32.9 Å². The zero-order chi connectivity index (χ0) is 18.2. The predicted molar refractivity (Wildman–Crippen MR) is 102 cm³/mol. The molecule has 3 rings (SSSR count). The molecule has 0 radical (unpaired) electrons. The highest BCUT2D eigenvalue weighted by Gasteiger charge is 2.19. The first kappa shape index (κ1) is 18.4. The van der Waals surface area contributed by atoms with Crippen LogP contribution in [-0.2, 0) is 17.9 Å². The van der Waals surface area contributed by atoms with Crippen molar-refractivity contribution >= 4 is 5.91 Å². The maximum Gasteiger partial charge on any atom is 0.216 e. The number of nitrogens with zero attached hydrogens (tertiary/aromatic N) is 2. The molecule has 138 valence electrons. The molecule has 0 bridgehead atoms. The number of ether oxygens (including phenoxy) is 1. The summed E-state index contributed by atoms with van der Waals surface area (Å²) in [6, 6.07) is 14.2. The number of hydrogen-bond acceptors (Lipinski definition) is 4. The van der Waals surface area contributed by atoms with Crippen molar-refractivity contribution in [2.75, 3.05) is 19.6 Å². The van der Waals surface area contributed by atoms with E-state index in [0.29, 0.717) is 12.5 Å². The minimum atomic E-state index is 0.0648. The van der Waals surface area contributed by atoms with Gasteiger partial charge in [0.25, 0.3) is 0 Å². The molecule has 1 saturated heterocycles. The molecule has 5 nitrogen and oxygen atoms in total. The van der Waals surface area contributed by atoms with Crippen LogP contribution in [0.1, 0.15) is 31.0 Å². The molecule has 1 amide bonds. The molecule has 2 aromatic rings. The molecule has 1 N–H and O–H groups in total. The highest BCUT2D eigenvalue weighted by atomic mass is 16.5. The summed E-state index contributed by atoms with van der Waals surface area (Å²) in [5.74, 6) is 1.55. The molecule has 1 aromatic heterocycles. The summed E-state index contributed by atoms with van der Waals surface area (Å²) in [5.41, 5.74) is 2.20. The molecule has 2 heterocycles. The standard InChI is InChI=1S/C21H27N3O2/c1-17(25)23-14-18-8-11-24(12-9-18)15-19-5-4-7-21(13-19)26-16-20-6-2-3-10-22-20/h2-7,10,13,18H,8-9,11-12,14-16H2,1H3,(H,23,25). The van der Waals surface area contributed by atoms with Gasteiger partial charge in [0, 0.05) is 26.2 Å². The lowest BCUT2D eigenvalue weighted by atomic mass is 9.96. The van der Waals surface area contributed by atoms with Crippen LogP contribution in [0.5, 0.6) is 5.75 Å². The van der Waals surface area contributed by atoms with Gasteiger partial charge in [-0.3, -0.25) is 14.7 Å². The van der Waals surface area contributed by atoms with Gasteiger partial charge in [-0.2, -0.15) is 0 Å². The maximum atomic E-state index is 11.0. The molecule has 5 heteroatoms. The molecular formula is C21H27N3O2. The van der Waals surface area contributed by atoms with E-state index >= 15 is 0 Å².